The van der Waals surface area contributed by atoms with E-state index in [-0.39, 0.29) is 5.75 Å². The van der Waals surface area contributed by atoms with Crippen LogP contribution in [0.4, 0.5) is 0 Å². The Hall–Kier alpha value is -1.88. The smallest absolute Gasteiger partial charge is 0.164 e. The summed E-state index contributed by atoms with van der Waals surface area (Å²) in [5, 5.41) is 13.7. The molecule has 0 bridgehead atoms. The van der Waals surface area contributed by atoms with Gasteiger partial charge in [-0.3, -0.25) is 0 Å². The van der Waals surface area contributed by atoms with E-state index < -0.39 is 0 Å². The molecule has 5 nitrogen and oxygen atoms in total. The van der Waals surface area contributed by atoms with Crippen LogP contribution in [-0.4, -0.2) is 19.9 Å². The van der Waals surface area contributed by atoms with Crippen molar-refractivity contribution in [2.45, 2.75) is 19.9 Å². The summed E-state index contributed by atoms with van der Waals surface area (Å²) in [5.74, 6) is 1.66. The highest BCUT2D eigenvalue weighted by Crippen LogP contribution is 2.16. The van der Waals surface area contributed by atoms with E-state index in [1.807, 2.05) is 13.0 Å². The van der Waals surface area contributed by atoms with Crippen LogP contribution >= 0.6 is 0 Å². The minimum Gasteiger partial charge on any atom is -0.508 e. The predicted octanol–water partition coefficient (Wildman–Crippen LogP) is 0.994. The first-order chi connectivity index (χ1) is 7.74. The minimum atomic E-state index is 0.212. The van der Waals surface area contributed by atoms with Gasteiger partial charge in [0.15, 0.2) is 5.82 Å². The van der Waals surface area contributed by atoms with E-state index in [2.05, 4.69) is 10.1 Å². The first-order valence-corrected chi connectivity index (χ1v) is 5.19. The van der Waals surface area contributed by atoms with Crippen molar-refractivity contribution in [3.63, 3.8) is 0 Å². The second kappa shape index (κ2) is 4.32. The maximum atomic E-state index is 9.42. The maximum Gasteiger partial charge on any atom is 0.164 e. The molecule has 1 heterocycles. The molecule has 0 spiro atoms. The minimum absolute atomic E-state index is 0.212. The highest BCUT2D eigenvalue weighted by Gasteiger charge is 2.09. The van der Waals surface area contributed by atoms with E-state index in [4.69, 9.17) is 5.73 Å². The molecule has 0 aliphatic heterocycles. The second-order valence-electron chi connectivity index (χ2n) is 3.43. The van der Waals surface area contributed by atoms with E-state index in [9.17, 15) is 5.11 Å². The van der Waals surface area contributed by atoms with Crippen LogP contribution in [0.1, 0.15) is 18.6 Å². The first-order valence-electron chi connectivity index (χ1n) is 5.19. The van der Waals surface area contributed by atoms with E-state index >= 15 is 0 Å². The van der Waals surface area contributed by atoms with Crippen LogP contribution in [0.2, 0.25) is 0 Å². The molecular formula is C11H14N4O. The third kappa shape index (κ3) is 1.90. The van der Waals surface area contributed by atoms with Crippen molar-refractivity contribution < 1.29 is 5.11 Å². The number of benzene rings is 1. The molecule has 16 heavy (non-hydrogen) atoms. The fourth-order valence-electron chi connectivity index (χ4n) is 1.54. The lowest BCUT2D eigenvalue weighted by atomic mass is 10.3. The zero-order valence-electron chi connectivity index (χ0n) is 9.09. The fraction of sp³-hybridized carbons (Fsp3) is 0.273. The molecule has 2 aromatic rings. The molecule has 1 aromatic carbocycles. The lowest BCUT2D eigenvalue weighted by Gasteiger charge is -2.04. The van der Waals surface area contributed by atoms with Crippen LogP contribution in [0.25, 0.3) is 5.69 Å². The Kier molecular flexibility index (Phi) is 2.87. The summed E-state index contributed by atoms with van der Waals surface area (Å²) in [6.07, 6.45) is 0.767. The van der Waals surface area contributed by atoms with Gasteiger partial charge in [-0.1, -0.05) is 13.0 Å². The molecule has 0 radical (unpaired) electrons. The van der Waals surface area contributed by atoms with Gasteiger partial charge in [0, 0.05) is 12.5 Å². The van der Waals surface area contributed by atoms with Crippen LogP contribution in [0.15, 0.2) is 24.3 Å². The fourth-order valence-corrected chi connectivity index (χ4v) is 1.54. The van der Waals surface area contributed by atoms with Gasteiger partial charge in [-0.25, -0.2) is 9.67 Å². The average molecular weight is 218 g/mol. The molecule has 3 N–H and O–H groups in total. The number of nitrogens with two attached hydrogens (primary N) is 1. The normalized spacial score (nSPS) is 10.6. The van der Waals surface area contributed by atoms with Crippen molar-refractivity contribution in [2.24, 2.45) is 5.73 Å². The Morgan fingerprint density at radius 1 is 1.44 bits per heavy atom. The van der Waals surface area contributed by atoms with E-state index in [1.165, 1.54) is 0 Å². The van der Waals surface area contributed by atoms with Gasteiger partial charge in [0.05, 0.1) is 12.2 Å². The molecule has 0 unspecified atom stereocenters. The average Bonchev–Trinajstić information content (AvgIpc) is 2.72. The van der Waals surface area contributed by atoms with Gasteiger partial charge >= 0.3 is 0 Å². The molecule has 2 rings (SSSR count). The number of phenolic OH excluding ortho intramolecular Hbond substituents is 1. The Bertz CT molecular complexity index is 492. The van der Waals surface area contributed by atoms with Crippen molar-refractivity contribution in [2.75, 3.05) is 0 Å². The van der Waals surface area contributed by atoms with Crippen LogP contribution in [0.3, 0.4) is 0 Å². The molecule has 1 aromatic heterocycles. The number of phenols is 1. The van der Waals surface area contributed by atoms with E-state index in [0.717, 1.165) is 17.9 Å². The third-order valence-corrected chi connectivity index (χ3v) is 2.29. The molecule has 0 fully saturated rings. The Morgan fingerprint density at radius 3 is 2.88 bits per heavy atom. The van der Waals surface area contributed by atoms with Gasteiger partial charge in [0.2, 0.25) is 0 Å². The van der Waals surface area contributed by atoms with Gasteiger partial charge in [-0.2, -0.15) is 0 Å². The molecule has 0 atom stereocenters. The lowest BCUT2D eigenvalue weighted by molar-refractivity contribution is 0.474. The molecule has 5 heteroatoms. The number of rotatable bonds is 3. The Balaban J connectivity index is 2.50. The Labute approximate surface area is 93.5 Å². The third-order valence-electron chi connectivity index (χ3n) is 2.29. The quantitative estimate of drug-likeness (QED) is 0.805. The summed E-state index contributed by atoms with van der Waals surface area (Å²) in [5.41, 5.74) is 6.30. The van der Waals surface area contributed by atoms with Gasteiger partial charge in [0.25, 0.3) is 0 Å². The van der Waals surface area contributed by atoms with Crippen LogP contribution in [-0.2, 0) is 13.0 Å². The predicted molar refractivity (Wildman–Crippen MR) is 60.3 cm³/mol. The zero-order chi connectivity index (χ0) is 11.5. The zero-order valence-corrected chi connectivity index (χ0v) is 9.09. The number of aromatic hydroxyl groups is 1. The number of hydrogen-bond acceptors (Lipinski definition) is 4. The molecule has 0 saturated carbocycles. The van der Waals surface area contributed by atoms with Crippen LogP contribution in [0.5, 0.6) is 5.75 Å². The summed E-state index contributed by atoms with van der Waals surface area (Å²) in [7, 11) is 0. The van der Waals surface area contributed by atoms with E-state index in [1.54, 1.807) is 22.9 Å². The monoisotopic (exact) mass is 218 g/mol. The molecular weight excluding hydrogens is 204 g/mol. The standard InChI is InChI=1S/C11H14N4O/c1-2-11-13-10(7-12)14-15(11)8-4-3-5-9(16)6-8/h3-6,16H,2,7,12H2,1H3. The van der Waals surface area contributed by atoms with Gasteiger partial charge < -0.3 is 10.8 Å². The van der Waals surface area contributed by atoms with Crippen LogP contribution < -0.4 is 5.73 Å². The van der Waals surface area contributed by atoms with Crippen molar-refractivity contribution in [1.29, 1.82) is 0 Å². The molecule has 0 aliphatic rings. The number of aryl methyl sites for hydroxylation is 1. The summed E-state index contributed by atoms with van der Waals surface area (Å²) in [6, 6.07) is 6.91. The lowest BCUT2D eigenvalue weighted by Crippen LogP contribution is -2.02. The summed E-state index contributed by atoms with van der Waals surface area (Å²) in [6.45, 7) is 2.32. The van der Waals surface area contributed by atoms with Crippen molar-refractivity contribution in [1.82, 2.24) is 14.8 Å². The largest absolute Gasteiger partial charge is 0.508 e. The summed E-state index contributed by atoms with van der Waals surface area (Å²) >= 11 is 0. The van der Waals surface area contributed by atoms with Crippen LogP contribution in [0, 0.1) is 0 Å². The number of nitrogens with zero attached hydrogens (tertiary/aromatic N) is 3. The Morgan fingerprint density at radius 2 is 2.25 bits per heavy atom. The highest BCUT2D eigenvalue weighted by molar-refractivity contribution is 5.38. The molecule has 0 aliphatic carbocycles. The van der Waals surface area contributed by atoms with Crippen molar-refractivity contribution in [3.05, 3.63) is 35.9 Å². The number of hydrogen-bond donors (Lipinski definition) is 2. The van der Waals surface area contributed by atoms with Crippen molar-refractivity contribution >= 4 is 0 Å². The second-order valence-corrected chi connectivity index (χ2v) is 3.43. The van der Waals surface area contributed by atoms with Gasteiger partial charge in [-0.05, 0) is 12.1 Å². The molecule has 0 saturated heterocycles. The molecule has 84 valence electrons. The van der Waals surface area contributed by atoms with Gasteiger partial charge in [0.1, 0.15) is 11.6 Å². The van der Waals surface area contributed by atoms with E-state index in [0.29, 0.717) is 12.4 Å². The summed E-state index contributed by atoms with van der Waals surface area (Å²) < 4.78 is 1.71. The molecule has 0 amide bonds. The summed E-state index contributed by atoms with van der Waals surface area (Å²) in [4.78, 5) is 4.30. The number of aromatic nitrogens is 3. The van der Waals surface area contributed by atoms with Crippen molar-refractivity contribution in [3.8, 4) is 11.4 Å². The highest BCUT2D eigenvalue weighted by atomic mass is 16.3. The van der Waals surface area contributed by atoms with Gasteiger partial charge in [-0.15, -0.1) is 5.10 Å². The SMILES string of the molecule is CCc1nc(CN)nn1-c1cccc(O)c1. The maximum absolute atomic E-state index is 9.42. The topological polar surface area (TPSA) is 77.0 Å². The first kappa shape index (κ1) is 10.6.